The average molecular weight is 397 g/mol. The fourth-order valence-electron chi connectivity index (χ4n) is 3.53. The highest BCUT2D eigenvalue weighted by Gasteiger charge is 2.21. The molecule has 2 N–H and O–H groups in total. The second-order valence-corrected chi connectivity index (χ2v) is 8.24. The van der Waals surface area contributed by atoms with Crippen LogP contribution in [0.25, 0.3) is 0 Å². The van der Waals surface area contributed by atoms with Crippen molar-refractivity contribution in [3.8, 4) is 0 Å². The summed E-state index contributed by atoms with van der Waals surface area (Å²) in [6, 6.07) is 1.01. The maximum Gasteiger partial charge on any atom is 0.243 e. The summed E-state index contributed by atoms with van der Waals surface area (Å²) < 4.78 is 5.40. The van der Waals surface area contributed by atoms with Crippen LogP contribution >= 0.6 is 0 Å². The van der Waals surface area contributed by atoms with Crippen molar-refractivity contribution in [2.45, 2.75) is 45.2 Å². The fourth-order valence-corrected chi connectivity index (χ4v) is 3.53. The molecule has 2 rings (SSSR count). The maximum atomic E-state index is 11.9. The number of hydrogen-bond acceptors (Lipinski definition) is 5. The summed E-state index contributed by atoms with van der Waals surface area (Å²) in [6.45, 7) is 12.5. The number of nitrogens with zero attached hydrogens (tertiary/aromatic N) is 4. The van der Waals surface area contributed by atoms with Gasteiger partial charge in [-0.05, 0) is 39.7 Å². The molecule has 0 aromatic carbocycles. The van der Waals surface area contributed by atoms with Gasteiger partial charge in [0.2, 0.25) is 5.91 Å². The number of likely N-dealkylation sites (N-methyl/N-ethyl adjacent to an activating group) is 1. The molecule has 0 aromatic heterocycles. The Bertz CT molecular complexity index is 483. The van der Waals surface area contributed by atoms with Crippen LogP contribution in [0.5, 0.6) is 0 Å². The van der Waals surface area contributed by atoms with E-state index in [-0.39, 0.29) is 12.5 Å². The zero-order chi connectivity index (χ0) is 20.4. The number of guanidine groups is 1. The quantitative estimate of drug-likeness (QED) is 0.347. The molecule has 0 aromatic rings. The SMILES string of the molecule is CC(C)N1CCC(NC(=NCC(=O)N(C)C)NCCCN2CCOCC2)CC1. The summed E-state index contributed by atoms with van der Waals surface area (Å²) in [5.41, 5.74) is 0. The van der Waals surface area contributed by atoms with Crippen LogP contribution < -0.4 is 10.6 Å². The molecule has 0 radical (unpaired) electrons. The number of rotatable bonds is 8. The molecule has 28 heavy (non-hydrogen) atoms. The standard InChI is InChI=1S/C20H40N6O2/c1-17(2)26-10-6-18(7-11-26)23-20(22-16-19(27)24(3)4)21-8-5-9-25-12-14-28-15-13-25/h17-18H,5-16H2,1-4H3,(H2,21,22,23). The largest absolute Gasteiger partial charge is 0.379 e. The molecule has 2 aliphatic rings. The van der Waals surface area contributed by atoms with Crippen LogP contribution in [0.2, 0.25) is 0 Å². The molecule has 8 nitrogen and oxygen atoms in total. The smallest absolute Gasteiger partial charge is 0.243 e. The third-order valence-electron chi connectivity index (χ3n) is 5.52. The molecule has 0 unspecified atom stereocenters. The van der Waals surface area contributed by atoms with E-state index < -0.39 is 0 Å². The topological polar surface area (TPSA) is 72.4 Å². The molecule has 0 saturated carbocycles. The van der Waals surface area contributed by atoms with E-state index in [0.29, 0.717) is 12.1 Å². The minimum Gasteiger partial charge on any atom is -0.379 e. The van der Waals surface area contributed by atoms with Crippen LogP contribution in [-0.4, -0.2) is 112 Å². The van der Waals surface area contributed by atoms with Crippen molar-refractivity contribution in [1.82, 2.24) is 25.3 Å². The second-order valence-electron chi connectivity index (χ2n) is 8.24. The Hall–Kier alpha value is -1.38. The fraction of sp³-hybridized carbons (Fsp3) is 0.900. The number of likely N-dealkylation sites (tertiary alicyclic amines) is 1. The molecule has 2 fully saturated rings. The number of nitrogens with one attached hydrogen (secondary N) is 2. The lowest BCUT2D eigenvalue weighted by atomic mass is 10.0. The lowest BCUT2D eigenvalue weighted by molar-refractivity contribution is -0.127. The van der Waals surface area contributed by atoms with Crippen molar-refractivity contribution in [2.24, 2.45) is 4.99 Å². The molecule has 2 saturated heterocycles. The van der Waals surface area contributed by atoms with Crippen molar-refractivity contribution in [2.75, 3.05) is 73.1 Å². The van der Waals surface area contributed by atoms with Gasteiger partial charge in [0, 0.05) is 58.9 Å². The summed E-state index contributed by atoms with van der Waals surface area (Å²) in [7, 11) is 3.53. The van der Waals surface area contributed by atoms with E-state index in [9.17, 15) is 4.79 Å². The van der Waals surface area contributed by atoms with E-state index in [2.05, 4.69) is 39.3 Å². The number of carbonyl (C=O) groups is 1. The van der Waals surface area contributed by atoms with E-state index >= 15 is 0 Å². The van der Waals surface area contributed by atoms with Crippen LogP contribution in [0, 0.1) is 0 Å². The van der Waals surface area contributed by atoms with Crippen molar-refractivity contribution < 1.29 is 9.53 Å². The van der Waals surface area contributed by atoms with Crippen molar-refractivity contribution in [3.63, 3.8) is 0 Å². The van der Waals surface area contributed by atoms with Gasteiger partial charge in [0.15, 0.2) is 5.96 Å². The summed E-state index contributed by atoms with van der Waals surface area (Å²) in [5, 5.41) is 6.99. The zero-order valence-corrected chi connectivity index (χ0v) is 18.2. The summed E-state index contributed by atoms with van der Waals surface area (Å²) in [6.07, 6.45) is 3.26. The Morgan fingerprint density at radius 2 is 1.86 bits per heavy atom. The van der Waals surface area contributed by atoms with Gasteiger partial charge in [-0.3, -0.25) is 9.69 Å². The third kappa shape index (κ3) is 8.32. The molecule has 2 heterocycles. The van der Waals surface area contributed by atoms with Gasteiger partial charge >= 0.3 is 0 Å². The third-order valence-corrected chi connectivity index (χ3v) is 5.52. The first-order valence-corrected chi connectivity index (χ1v) is 10.7. The first-order chi connectivity index (χ1) is 13.5. The number of carbonyl (C=O) groups excluding carboxylic acids is 1. The van der Waals surface area contributed by atoms with E-state index in [4.69, 9.17) is 4.74 Å². The van der Waals surface area contributed by atoms with Crippen LogP contribution in [0.15, 0.2) is 4.99 Å². The highest BCUT2D eigenvalue weighted by Crippen LogP contribution is 2.12. The molecule has 0 atom stereocenters. The number of hydrogen-bond donors (Lipinski definition) is 2. The lowest BCUT2D eigenvalue weighted by Gasteiger charge is -2.35. The van der Waals surface area contributed by atoms with Gasteiger partial charge in [0.05, 0.1) is 13.2 Å². The van der Waals surface area contributed by atoms with Crippen LogP contribution in [-0.2, 0) is 9.53 Å². The molecule has 0 bridgehead atoms. The van der Waals surface area contributed by atoms with Crippen LogP contribution in [0.1, 0.15) is 33.1 Å². The average Bonchev–Trinajstić information content (AvgIpc) is 2.70. The Morgan fingerprint density at radius 1 is 1.18 bits per heavy atom. The Morgan fingerprint density at radius 3 is 2.46 bits per heavy atom. The molecule has 8 heteroatoms. The molecule has 162 valence electrons. The minimum atomic E-state index is 0.0176. The molecule has 1 amide bonds. The van der Waals surface area contributed by atoms with E-state index in [1.807, 2.05) is 0 Å². The highest BCUT2D eigenvalue weighted by atomic mass is 16.5. The van der Waals surface area contributed by atoms with Gasteiger partial charge in [0.1, 0.15) is 6.54 Å². The number of aliphatic imine (C=N–C) groups is 1. The van der Waals surface area contributed by atoms with Gasteiger partial charge in [-0.15, -0.1) is 0 Å². The number of ether oxygens (including phenoxy) is 1. The molecule has 0 aliphatic carbocycles. The van der Waals surface area contributed by atoms with Crippen molar-refractivity contribution in [1.29, 1.82) is 0 Å². The minimum absolute atomic E-state index is 0.0176. The van der Waals surface area contributed by atoms with Gasteiger partial charge in [-0.1, -0.05) is 0 Å². The molecular formula is C20H40N6O2. The van der Waals surface area contributed by atoms with Crippen LogP contribution in [0.3, 0.4) is 0 Å². The second kappa shape index (κ2) is 12.2. The zero-order valence-electron chi connectivity index (χ0n) is 18.2. The van der Waals surface area contributed by atoms with E-state index in [1.165, 1.54) is 0 Å². The number of morpholine rings is 1. The maximum absolute atomic E-state index is 11.9. The Balaban J connectivity index is 1.79. The van der Waals surface area contributed by atoms with Crippen molar-refractivity contribution in [3.05, 3.63) is 0 Å². The molecule has 2 aliphatic heterocycles. The van der Waals surface area contributed by atoms with Gasteiger partial charge in [-0.25, -0.2) is 4.99 Å². The first kappa shape index (κ1) is 22.9. The molecular weight excluding hydrogens is 356 g/mol. The Kier molecular flexibility index (Phi) is 10.0. The summed E-state index contributed by atoms with van der Waals surface area (Å²) in [4.78, 5) is 23.0. The van der Waals surface area contributed by atoms with E-state index in [1.54, 1.807) is 19.0 Å². The van der Waals surface area contributed by atoms with Crippen LogP contribution in [0.4, 0.5) is 0 Å². The lowest BCUT2D eigenvalue weighted by Crippen LogP contribution is -2.50. The number of amides is 1. The number of piperidine rings is 1. The summed E-state index contributed by atoms with van der Waals surface area (Å²) >= 11 is 0. The van der Waals surface area contributed by atoms with Gasteiger partial charge in [0.25, 0.3) is 0 Å². The predicted molar refractivity (Wildman–Crippen MR) is 114 cm³/mol. The first-order valence-electron chi connectivity index (χ1n) is 10.7. The molecule has 0 spiro atoms. The summed E-state index contributed by atoms with van der Waals surface area (Å²) in [5.74, 6) is 0.782. The normalized spacial score (nSPS) is 20.4. The van der Waals surface area contributed by atoms with Gasteiger partial charge in [-0.2, -0.15) is 0 Å². The monoisotopic (exact) mass is 396 g/mol. The van der Waals surface area contributed by atoms with Gasteiger partial charge < -0.3 is 25.2 Å². The van der Waals surface area contributed by atoms with Crippen molar-refractivity contribution >= 4 is 11.9 Å². The highest BCUT2D eigenvalue weighted by molar-refractivity contribution is 5.84. The predicted octanol–water partition coefficient (Wildman–Crippen LogP) is 0.205. The Labute approximate surface area is 170 Å². The van der Waals surface area contributed by atoms with E-state index in [0.717, 1.165) is 77.7 Å².